The Hall–Kier alpha value is -0.120. The van der Waals surface area contributed by atoms with Gasteiger partial charge in [0.1, 0.15) is 0 Å². The summed E-state index contributed by atoms with van der Waals surface area (Å²) in [6.07, 6.45) is 6.93. The molecule has 2 bridgehead atoms. The first-order chi connectivity index (χ1) is 7.19. The second-order valence-electron chi connectivity index (χ2n) is 5.56. The van der Waals surface area contributed by atoms with E-state index < -0.39 is 5.60 Å². The number of hydrogen-bond acceptors (Lipinski definition) is 3. The Morgan fingerprint density at radius 3 is 2.80 bits per heavy atom. The second kappa shape index (κ2) is 3.19. The average Bonchev–Trinajstić information content (AvgIpc) is 2.73. The molecule has 4 atom stereocenters. The van der Waals surface area contributed by atoms with Crippen LogP contribution in [-0.2, 0) is 4.74 Å². The van der Waals surface area contributed by atoms with E-state index in [0.29, 0.717) is 0 Å². The third-order valence-corrected chi connectivity index (χ3v) is 4.92. The lowest BCUT2D eigenvalue weighted by Gasteiger charge is -2.37. The number of hydrogen-bond donors (Lipinski definition) is 2. The molecule has 0 aromatic heterocycles. The van der Waals surface area contributed by atoms with Crippen molar-refractivity contribution >= 4 is 0 Å². The summed E-state index contributed by atoms with van der Waals surface area (Å²) in [4.78, 5) is 0. The van der Waals surface area contributed by atoms with Crippen LogP contribution >= 0.6 is 0 Å². The van der Waals surface area contributed by atoms with Crippen molar-refractivity contribution in [3.8, 4) is 0 Å². The summed E-state index contributed by atoms with van der Waals surface area (Å²) in [5, 5.41) is 20.0. The van der Waals surface area contributed by atoms with Crippen LogP contribution in [0.2, 0.25) is 0 Å². The predicted molar refractivity (Wildman–Crippen MR) is 55.4 cm³/mol. The van der Waals surface area contributed by atoms with Crippen molar-refractivity contribution < 1.29 is 14.9 Å². The van der Waals surface area contributed by atoms with Gasteiger partial charge < -0.3 is 14.9 Å². The van der Waals surface area contributed by atoms with Crippen LogP contribution in [-0.4, -0.2) is 34.1 Å². The zero-order valence-corrected chi connectivity index (χ0v) is 9.11. The highest BCUT2D eigenvalue weighted by Gasteiger charge is 2.60. The normalized spacial score (nSPS) is 54.0. The Bertz CT molecular complexity index is 268. The summed E-state index contributed by atoms with van der Waals surface area (Å²) < 4.78 is 6.13. The smallest absolute Gasteiger partial charge is 0.0972 e. The molecule has 0 aromatic rings. The maximum absolute atomic E-state index is 10.7. The van der Waals surface area contributed by atoms with Gasteiger partial charge in [-0.05, 0) is 44.9 Å². The van der Waals surface area contributed by atoms with Crippen molar-refractivity contribution in [2.45, 2.75) is 62.3 Å². The van der Waals surface area contributed by atoms with Crippen molar-refractivity contribution in [3.05, 3.63) is 0 Å². The summed E-state index contributed by atoms with van der Waals surface area (Å²) in [7, 11) is 0. The van der Waals surface area contributed by atoms with Crippen molar-refractivity contribution in [2.75, 3.05) is 6.61 Å². The molecule has 1 aliphatic carbocycles. The van der Waals surface area contributed by atoms with Gasteiger partial charge in [-0.1, -0.05) is 0 Å². The minimum absolute atomic E-state index is 0.196. The molecule has 3 rings (SSSR count). The Morgan fingerprint density at radius 1 is 1.13 bits per heavy atom. The van der Waals surface area contributed by atoms with Gasteiger partial charge in [-0.15, -0.1) is 0 Å². The van der Waals surface area contributed by atoms with Gasteiger partial charge in [-0.2, -0.15) is 0 Å². The molecule has 3 aliphatic rings. The zero-order chi connectivity index (χ0) is 10.5. The highest BCUT2D eigenvalue weighted by Crippen LogP contribution is 2.55. The van der Waals surface area contributed by atoms with Crippen LogP contribution in [0.1, 0.15) is 44.9 Å². The number of aliphatic hydroxyl groups excluding tert-OH is 1. The monoisotopic (exact) mass is 212 g/mol. The van der Waals surface area contributed by atoms with Gasteiger partial charge in [0.05, 0.1) is 17.3 Å². The Morgan fingerprint density at radius 2 is 2.00 bits per heavy atom. The largest absolute Gasteiger partial charge is 0.396 e. The van der Waals surface area contributed by atoms with E-state index in [9.17, 15) is 10.2 Å². The van der Waals surface area contributed by atoms with E-state index in [-0.39, 0.29) is 24.2 Å². The van der Waals surface area contributed by atoms with Gasteiger partial charge in [0.15, 0.2) is 0 Å². The van der Waals surface area contributed by atoms with E-state index in [2.05, 4.69) is 0 Å². The minimum atomic E-state index is -0.592. The molecule has 2 N–H and O–H groups in total. The second-order valence-corrected chi connectivity index (χ2v) is 5.56. The summed E-state index contributed by atoms with van der Waals surface area (Å²) >= 11 is 0. The van der Waals surface area contributed by atoms with Gasteiger partial charge in [0.25, 0.3) is 0 Å². The van der Waals surface area contributed by atoms with Crippen molar-refractivity contribution in [2.24, 2.45) is 5.92 Å². The summed E-state index contributed by atoms with van der Waals surface area (Å²) in [6.45, 7) is 0.205. The minimum Gasteiger partial charge on any atom is -0.396 e. The van der Waals surface area contributed by atoms with E-state index in [0.717, 1.165) is 44.9 Å². The summed E-state index contributed by atoms with van der Waals surface area (Å²) in [6, 6.07) is 0. The molecule has 1 saturated carbocycles. The number of ether oxygens (including phenoxy) is 1. The first kappa shape index (κ1) is 10.1. The SMILES string of the molecule is OC[C@@H]1CC[C@@]2(O)CCC[C@]23CC[C@@H]1O3. The topological polar surface area (TPSA) is 49.7 Å². The first-order valence-electron chi connectivity index (χ1n) is 6.20. The van der Waals surface area contributed by atoms with Crippen LogP contribution in [0, 0.1) is 5.92 Å². The van der Waals surface area contributed by atoms with Crippen molar-refractivity contribution in [1.29, 1.82) is 0 Å². The highest BCUT2D eigenvalue weighted by atomic mass is 16.5. The predicted octanol–water partition coefficient (Wildman–Crippen LogP) is 1.22. The maximum Gasteiger partial charge on any atom is 0.0972 e. The molecule has 0 amide bonds. The summed E-state index contributed by atoms with van der Waals surface area (Å²) in [5.41, 5.74) is -0.840. The molecular weight excluding hydrogens is 192 g/mol. The standard InChI is InChI=1S/C12H20O3/c13-8-9-2-6-11(14)4-1-5-12(11)7-3-10(9)15-12/h9-10,13-14H,1-8H2/t9-,10-,11-,12-/m0/s1. The number of aliphatic hydroxyl groups is 2. The molecule has 86 valence electrons. The zero-order valence-electron chi connectivity index (χ0n) is 9.11. The van der Waals surface area contributed by atoms with Crippen LogP contribution in [0.3, 0.4) is 0 Å². The third kappa shape index (κ3) is 1.23. The Balaban J connectivity index is 1.92. The Kier molecular flexibility index (Phi) is 2.14. The lowest BCUT2D eigenvalue weighted by Crippen LogP contribution is -2.48. The molecule has 0 radical (unpaired) electrons. The molecule has 0 unspecified atom stereocenters. The molecule has 15 heavy (non-hydrogen) atoms. The number of rotatable bonds is 1. The molecule has 3 fully saturated rings. The van der Waals surface area contributed by atoms with Crippen molar-refractivity contribution in [3.63, 3.8) is 0 Å². The average molecular weight is 212 g/mol. The fourth-order valence-corrected chi connectivity index (χ4v) is 3.94. The van der Waals surface area contributed by atoms with Crippen LogP contribution < -0.4 is 0 Å². The first-order valence-corrected chi connectivity index (χ1v) is 6.20. The quantitative estimate of drug-likeness (QED) is 0.687. The van der Waals surface area contributed by atoms with E-state index in [1.54, 1.807) is 0 Å². The fraction of sp³-hybridized carbons (Fsp3) is 1.00. The molecule has 2 aliphatic heterocycles. The van der Waals surface area contributed by atoms with Gasteiger partial charge in [0.2, 0.25) is 0 Å². The van der Waals surface area contributed by atoms with Crippen LogP contribution in [0.5, 0.6) is 0 Å². The van der Waals surface area contributed by atoms with E-state index >= 15 is 0 Å². The van der Waals surface area contributed by atoms with Crippen LogP contribution in [0.25, 0.3) is 0 Å². The number of fused-ring (bicyclic) bond motifs is 1. The van der Waals surface area contributed by atoms with Gasteiger partial charge >= 0.3 is 0 Å². The Labute approximate surface area is 90.4 Å². The molecule has 2 heterocycles. The van der Waals surface area contributed by atoms with Gasteiger partial charge in [0, 0.05) is 12.5 Å². The molecule has 1 spiro atoms. The van der Waals surface area contributed by atoms with Crippen molar-refractivity contribution in [1.82, 2.24) is 0 Å². The highest BCUT2D eigenvalue weighted by molar-refractivity contribution is 5.11. The summed E-state index contributed by atoms with van der Waals surface area (Å²) in [5.74, 6) is 0.249. The lowest BCUT2D eigenvalue weighted by atomic mass is 9.77. The third-order valence-electron chi connectivity index (χ3n) is 4.92. The molecule has 3 heteroatoms. The fourth-order valence-electron chi connectivity index (χ4n) is 3.94. The van der Waals surface area contributed by atoms with Crippen LogP contribution in [0.4, 0.5) is 0 Å². The molecule has 0 aromatic carbocycles. The van der Waals surface area contributed by atoms with E-state index in [1.165, 1.54) is 0 Å². The van der Waals surface area contributed by atoms with Crippen LogP contribution in [0.15, 0.2) is 0 Å². The van der Waals surface area contributed by atoms with E-state index in [4.69, 9.17) is 4.74 Å². The van der Waals surface area contributed by atoms with Gasteiger partial charge in [-0.3, -0.25) is 0 Å². The molecule has 3 nitrogen and oxygen atoms in total. The maximum atomic E-state index is 10.7. The molecular formula is C12H20O3. The molecule has 2 saturated heterocycles. The van der Waals surface area contributed by atoms with E-state index in [1.807, 2.05) is 0 Å². The lowest BCUT2D eigenvalue weighted by molar-refractivity contribution is -0.153. The van der Waals surface area contributed by atoms with Gasteiger partial charge in [-0.25, -0.2) is 0 Å².